The highest BCUT2D eigenvalue weighted by Gasteiger charge is 2.32. The molecule has 94 valence electrons. The third-order valence-corrected chi connectivity index (χ3v) is 4.12. The first-order chi connectivity index (χ1) is 9.15. The Morgan fingerprint density at radius 3 is 2.16 bits per heavy atom. The van der Waals surface area contributed by atoms with Crippen molar-refractivity contribution < 1.29 is 14.7 Å². The van der Waals surface area contributed by atoms with Gasteiger partial charge in [-0.05, 0) is 6.07 Å². The Morgan fingerprint density at radius 2 is 1.53 bits per heavy atom. The van der Waals surface area contributed by atoms with Gasteiger partial charge in [-0.15, -0.1) is 0 Å². The third-order valence-electron chi connectivity index (χ3n) is 3.29. The maximum absolute atomic E-state index is 12.4. The molecule has 0 amide bonds. The smallest absolute Gasteiger partial charge is 0.198 e. The summed E-state index contributed by atoms with van der Waals surface area (Å²) >= 11 is 2.11. The second kappa shape index (κ2) is 4.45. The molecule has 2 aromatic rings. The molecule has 0 heterocycles. The first-order valence-electron chi connectivity index (χ1n) is 5.74. The number of hydrogen-bond acceptors (Lipinski definition) is 3. The maximum atomic E-state index is 12.4. The molecule has 0 unspecified atom stereocenters. The van der Waals surface area contributed by atoms with E-state index >= 15 is 0 Å². The van der Waals surface area contributed by atoms with E-state index in [4.69, 9.17) is 0 Å². The molecule has 1 aliphatic carbocycles. The number of ketones is 2. The van der Waals surface area contributed by atoms with E-state index in [9.17, 15) is 14.7 Å². The van der Waals surface area contributed by atoms with Crippen molar-refractivity contribution in [3.8, 4) is 5.75 Å². The van der Waals surface area contributed by atoms with Crippen LogP contribution in [0.3, 0.4) is 0 Å². The molecule has 4 heteroatoms. The topological polar surface area (TPSA) is 54.4 Å². The predicted octanol–water partition coefficient (Wildman–Crippen LogP) is 3.10. The predicted molar refractivity (Wildman–Crippen MR) is 79.1 cm³/mol. The third kappa shape index (κ3) is 1.70. The molecule has 1 N–H and O–H groups in total. The lowest BCUT2D eigenvalue weighted by molar-refractivity contribution is 0.0976. The number of carbonyl (C=O) groups excluding carboxylic acids is 2. The summed E-state index contributed by atoms with van der Waals surface area (Å²) in [5.41, 5.74) is 1.86. The first-order valence-corrected chi connectivity index (χ1v) is 7.27. The van der Waals surface area contributed by atoms with Gasteiger partial charge in [-0.25, -0.2) is 0 Å². The van der Waals surface area contributed by atoms with Crippen LogP contribution in [0.5, 0.6) is 5.75 Å². The Balaban J connectivity index is 2.33. The van der Waals surface area contributed by atoms with E-state index in [1.54, 1.807) is 36.4 Å². The Labute approximate surface area is 123 Å². The van der Waals surface area contributed by atoms with Crippen LogP contribution in [-0.4, -0.2) is 16.7 Å². The quantitative estimate of drug-likeness (QED) is 0.533. The van der Waals surface area contributed by atoms with Gasteiger partial charge in [-0.2, -0.15) is 0 Å². The van der Waals surface area contributed by atoms with Crippen LogP contribution < -0.4 is 0 Å². The van der Waals surface area contributed by atoms with Crippen LogP contribution in [0.25, 0.3) is 0 Å². The van der Waals surface area contributed by atoms with E-state index in [0.29, 0.717) is 21.1 Å². The van der Waals surface area contributed by atoms with E-state index in [1.807, 2.05) is 0 Å². The highest BCUT2D eigenvalue weighted by Crippen LogP contribution is 2.35. The van der Waals surface area contributed by atoms with E-state index in [0.717, 1.165) is 0 Å². The van der Waals surface area contributed by atoms with Crippen molar-refractivity contribution in [2.75, 3.05) is 0 Å². The van der Waals surface area contributed by atoms with Gasteiger partial charge in [-0.1, -0.05) is 52.9 Å². The van der Waals surface area contributed by atoms with Gasteiger partial charge in [0.25, 0.3) is 0 Å². The molecular formula is C15H9IO3. The fourth-order valence-corrected chi connectivity index (χ4v) is 2.94. The van der Waals surface area contributed by atoms with Gasteiger partial charge in [0.2, 0.25) is 0 Å². The lowest BCUT2D eigenvalue weighted by Gasteiger charge is -2.19. The summed E-state index contributed by atoms with van der Waals surface area (Å²) in [6.07, 6.45) is 0. The largest absolute Gasteiger partial charge is 0.507 e. The molecule has 0 aromatic heterocycles. The van der Waals surface area contributed by atoms with E-state index in [2.05, 4.69) is 22.6 Å². The standard InChI is InChI=1S/C15H9IO3/c16-7-8-5-6-11-12(13(8)17)15(19)10-4-2-1-3-9(10)14(11)18/h1-6,17H,7H2. The molecule has 2 aromatic carbocycles. The normalized spacial score (nSPS) is 13.1. The molecule has 0 radical (unpaired) electrons. The van der Waals surface area contributed by atoms with Crippen LogP contribution in [-0.2, 0) is 4.43 Å². The fourth-order valence-electron chi connectivity index (χ4n) is 2.32. The zero-order valence-electron chi connectivity index (χ0n) is 9.81. The molecule has 0 bridgehead atoms. The van der Waals surface area contributed by atoms with Crippen LogP contribution >= 0.6 is 22.6 Å². The minimum absolute atomic E-state index is 0.0697. The summed E-state index contributed by atoms with van der Waals surface area (Å²) in [5.74, 6) is -0.560. The summed E-state index contributed by atoms with van der Waals surface area (Å²) in [5, 5.41) is 10.2. The number of alkyl halides is 1. The average Bonchev–Trinajstić information content (AvgIpc) is 2.44. The summed E-state index contributed by atoms with van der Waals surface area (Å²) in [4.78, 5) is 24.8. The Kier molecular flexibility index (Phi) is 2.89. The molecular weight excluding hydrogens is 355 g/mol. The Hall–Kier alpha value is -1.69. The van der Waals surface area contributed by atoms with Gasteiger partial charge >= 0.3 is 0 Å². The van der Waals surface area contributed by atoms with Gasteiger partial charge in [-0.3, -0.25) is 9.59 Å². The van der Waals surface area contributed by atoms with E-state index in [-0.39, 0.29) is 28.4 Å². The molecule has 0 aliphatic heterocycles. The van der Waals surface area contributed by atoms with Crippen LogP contribution in [0.1, 0.15) is 37.4 Å². The summed E-state index contributed by atoms with van der Waals surface area (Å²) < 4.78 is 0.583. The highest BCUT2D eigenvalue weighted by molar-refractivity contribution is 14.1. The fraction of sp³-hybridized carbons (Fsp3) is 0.0667. The minimum atomic E-state index is -0.283. The number of hydrogen-bond donors (Lipinski definition) is 1. The SMILES string of the molecule is O=C1c2ccccc2C(=O)c2c1ccc(CI)c2O. The monoisotopic (exact) mass is 364 g/mol. The maximum Gasteiger partial charge on any atom is 0.198 e. The van der Waals surface area contributed by atoms with Crippen molar-refractivity contribution >= 4 is 34.2 Å². The van der Waals surface area contributed by atoms with Gasteiger partial charge in [0, 0.05) is 26.7 Å². The summed E-state index contributed by atoms with van der Waals surface area (Å²) in [7, 11) is 0. The molecule has 3 nitrogen and oxygen atoms in total. The number of carbonyl (C=O) groups is 2. The number of phenolic OH excluding ortho intramolecular Hbond substituents is 1. The molecule has 1 aliphatic rings. The van der Waals surface area contributed by atoms with Crippen molar-refractivity contribution in [1.29, 1.82) is 0 Å². The zero-order chi connectivity index (χ0) is 13.6. The lowest BCUT2D eigenvalue weighted by atomic mass is 9.83. The second-order valence-electron chi connectivity index (χ2n) is 4.33. The number of halogens is 1. The highest BCUT2D eigenvalue weighted by atomic mass is 127. The summed E-state index contributed by atoms with van der Waals surface area (Å²) in [6, 6.07) is 10.0. The van der Waals surface area contributed by atoms with Crippen LogP contribution in [0, 0.1) is 0 Å². The van der Waals surface area contributed by atoms with Crippen LogP contribution in [0.4, 0.5) is 0 Å². The van der Waals surface area contributed by atoms with Gasteiger partial charge in [0.05, 0.1) is 5.56 Å². The van der Waals surface area contributed by atoms with Crippen molar-refractivity contribution in [1.82, 2.24) is 0 Å². The number of benzene rings is 2. The van der Waals surface area contributed by atoms with Crippen molar-refractivity contribution in [3.05, 3.63) is 64.2 Å². The number of aromatic hydroxyl groups is 1. The van der Waals surface area contributed by atoms with E-state index < -0.39 is 0 Å². The molecule has 19 heavy (non-hydrogen) atoms. The van der Waals surface area contributed by atoms with Crippen molar-refractivity contribution in [2.45, 2.75) is 4.43 Å². The summed E-state index contributed by atoms with van der Waals surface area (Å²) in [6.45, 7) is 0. The van der Waals surface area contributed by atoms with E-state index in [1.165, 1.54) is 0 Å². The number of fused-ring (bicyclic) bond motifs is 2. The lowest BCUT2D eigenvalue weighted by Crippen LogP contribution is -2.21. The average molecular weight is 364 g/mol. The molecule has 3 rings (SSSR count). The second-order valence-corrected chi connectivity index (χ2v) is 5.10. The number of phenols is 1. The molecule has 0 fully saturated rings. The van der Waals surface area contributed by atoms with Gasteiger partial charge in [0.1, 0.15) is 5.75 Å². The molecule has 0 atom stereocenters. The van der Waals surface area contributed by atoms with Gasteiger partial charge in [0.15, 0.2) is 11.6 Å². The van der Waals surface area contributed by atoms with Crippen LogP contribution in [0.15, 0.2) is 36.4 Å². The zero-order valence-corrected chi connectivity index (χ0v) is 12.0. The molecule has 0 saturated heterocycles. The molecule has 0 spiro atoms. The minimum Gasteiger partial charge on any atom is -0.507 e. The van der Waals surface area contributed by atoms with Crippen molar-refractivity contribution in [2.24, 2.45) is 0 Å². The molecule has 0 saturated carbocycles. The van der Waals surface area contributed by atoms with Crippen LogP contribution in [0.2, 0.25) is 0 Å². The first kappa shape index (κ1) is 12.3. The number of rotatable bonds is 1. The van der Waals surface area contributed by atoms with Gasteiger partial charge < -0.3 is 5.11 Å². The van der Waals surface area contributed by atoms with Crippen molar-refractivity contribution in [3.63, 3.8) is 0 Å². The Bertz CT molecular complexity index is 719. The Morgan fingerprint density at radius 1 is 0.895 bits per heavy atom.